The average Bonchev–Trinajstić information content (AvgIpc) is 2.31. The number of hydrogen-bond donors (Lipinski definition) is 0. The van der Waals surface area contributed by atoms with Crippen LogP contribution in [0.1, 0.15) is 13.3 Å². The highest BCUT2D eigenvalue weighted by atomic mass is 16.5. The highest BCUT2D eigenvalue weighted by Gasteiger charge is 2.13. The second kappa shape index (κ2) is 6.86. The lowest BCUT2D eigenvalue weighted by Gasteiger charge is -2.30. The van der Waals surface area contributed by atoms with E-state index in [4.69, 9.17) is 10.00 Å². The summed E-state index contributed by atoms with van der Waals surface area (Å²) in [4.78, 5) is 2.20. The molecule has 0 radical (unpaired) electrons. The molecule has 0 spiro atoms. The van der Waals surface area contributed by atoms with Crippen LogP contribution in [0, 0.1) is 11.3 Å². The fraction of sp³-hybridized carbons (Fsp3) is 0.462. The minimum absolute atomic E-state index is 0.278. The Labute approximate surface area is 97.3 Å². The number of ether oxygens (including phenoxy) is 1. The van der Waals surface area contributed by atoms with Crippen LogP contribution in [0.3, 0.4) is 0 Å². The van der Waals surface area contributed by atoms with Gasteiger partial charge in [0.25, 0.3) is 0 Å². The van der Waals surface area contributed by atoms with Gasteiger partial charge in [0, 0.05) is 25.4 Å². The van der Waals surface area contributed by atoms with E-state index in [9.17, 15) is 0 Å². The van der Waals surface area contributed by atoms with Crippen LogP contribution < -0.4 is 4.90 Å². The topological polar surface area (TPSA) is 36.3 Å². The Kier molecular flexibility index (Phi) is 5.38. The number of anilines is 1. The summed E-state index contributed by atoms with van der Waals surface area (Å²) in [7, 11) is 1.70. The Balaban J connectivity index is 2.75. The highest BCUT2D eigenvalue weighted by molar-refractivity contribution is 5.47. The van der Waals surface area contributed by atoms with Crippen LogP contribution in [0.5, 0.6) is 0 Å². The molecule has 0 N–H and O–H groups in total. The first-order chi connectivity index (χ1) is 7.79. The minimum Gasteiger partial charge on any atom is -0.383 e. The molecular weight excluding hydrogens is 200 g/mol. The third-order valence-electron chi connectivity index (χ3n) is 2.49. The molecule has 0 aliphatic rings. The molecule has 0 aliphatic heterocycles. The molecule has 3 heteroatoms. The Bertz CT molecular complexity index is 332. The van der Waals surface area contributed by atoms with Crippen LogP contribution in [0.2, 0.25) is 0 Å². The van der Waals surface area contributed by atoms with Crippen molar-refractivity contribution in [1.29, 1.82) is 5.26 Å². The molecule has 1 rings (SSSR count). The van der Waals surface area contributed by atoms with E-state index in [0.717, 1.165) is 12.2 Å². The summed E-state index contributed by atoms with van der Waals surface area (Å²) < 4.78 is 5.16. The van der Waals surface area contributed by atoms with Crippen molar-refractivity contribution in [2.75, 3.05) is 25.2 Å². The first-order valence-corrected chi connectivity index (χ1v) is 5.47. The number of para-hydroxylation sites is 1. The molecule has 0 aliphatic carbocycles. The fourth-order valence-corrected chi connectivity index (χ4v) is 1.73. The number of hydrogen-bond acceptors (Lipinski definition) is 3. The SMILES string of the molecule is COCC(C)N(CCC#N)c1ccccc1. The van der Waals surface area contributed by atoms with Gasteiger partial charge in [-0.1, -0.05) is 18.2 Å². The maximum absolute atomic E-state index is 8.67. The molecule has 1 aromatic rings. The van der Waals surface area contributed by atoms with E-state index < -0.39 is 0 Å². The summed E-state index contributed by atoms with van der Waals surface area (Å²) >= 11 is 0. The van der Waals surface area contributed by atoms with Gasteiger partial charge in [-0.05, 0) is 19.1 Å². The van der Waals surface area contributed by atoms with Crippen molar-refractivity contribution in [1.82, 2.24) is 0 Å². The van der Waals surface area contributed by atoms with Gasteiger partial charge in [0.1, 0.15) is 0 Å². The molecule has 1 atom stereocenters. The van der Waals surface area contributed by atoms with Gasteiger partial charge in [-0.25, -0.2) is 0 Å². The van der Waals surface area contributed by atoms with Gasteiger partial charge in [-0.3, -0.25) is 0 Å². The Morgan fingerprint density at radius 3 is 2.62 bits per heavy atom. The summed E-state index contributed by atoms with van der Waals surface area (Å²) in [5.41, 5.74) is 1.14. The second-order valence-corrected chi connectivity index (χ2v) is 3.74. The predicted molar refractivity (Wildman–Crippen MR) is 65.4 cm³/mol. The molecule has 16 heavy (non-hydrogen) atoms. The summed E-state index contributed by atoms with van der Waals surface area (Å²) in [6.45, 7) is 3.51. The first-order valence-electron chi connectivity index (χ1n) is 5.47. The summed E-state index contributed by atoms with van der Waals surface area (Å²) in [5.74, 6) is 0. The average molecular weight is 218 g/mol. The van der Waals surface area contributed by atoms with E-state index in [1.807, 2.05) is 18.2 Å². The van der Waals surface area contributed by atoms with Crippen molar-refractivity contribution in [3.63, 3.8) is 0 Å². The summed E-state index contributed by atoms with van der Waals surface area (Å²) in [6, 6.07) is 12.6. The molecule has 1 aromatic carbocycles. The van der Waals surface area contributed by atoms with Crippen LogP contribution >= 0.6 is 0 Å². The van der Waals surface area contributed by atoms with Gasteiger partial charge in [-0.2, -0.15) is 5.26 Å². The molecule has 0 saturated heterocycles. The molecule has 86 valence electrons. The van der Waals surface area contributed by atoms with Crippen LogP contribution in [0.25, 0.3) is 0 Å². The van der Waals surface area contributed by atoms with Gasteiger partial charge < -0.3 is 9.64 Å². The summed E-state index contributed by atoms with van der Waals surface area (Å²) in [6.07, 6.45) is 0.531. The van der Waals surface area contributed by atoms with Crippen LogP contribution in [0.15, 0.2) is 30.3 Å². The van der Waals surface area contributed by atoms with Crippen molar-refractivity contribution in [2.45, 2.75) is 19.4 Å². The van der Waals surface area contributed by atoms with Gasteiger partial charge in [0.05, 0.1) is 19.1 Å². The lowest BCUT2D eigenvalue weighted by Crippen LogP contribution is -2.36. The van der Waals surface area contributed by atoms with Crippen LogP contribution in [-0.2, 0) is 4.74 Å². The normalized spacial score (nSPS) is 11.8. The zero-order valence-corrected chi connectivity index (χ0v) is 9.89. The number of benzene rings is 1. The number of rotatable bonds is 6. The zero-order chi connectivity index (χ0) is 11.8. The maximum atomic E-state index is 8.67. The van der Waals surface area contributed by atoms with Crippen molar-refractivity contribution < 1.29 is 4.74 Å². The highest BCUT2D eigenvalue weighted by Crippen LogP contribution is 2.16. The van der Waals surface area contributed by atoms with Crippen molar-refractivity contribution in [2.24, 2.45) is 0 Å². The zero-order valence-electron chi connectivity index (χ0n) is 9.89. The number of nitrogens with zero attached hydrogens (tertiary/aromatic N) is 2. The van der Waals surface area contributed by atoms with E-state index in [1.54, 1.807) is 7.11 Å². The maximum Gasteiger partial charge on any atom is 0.0663 e. The van der Waals surface area contributed by atoms with Gasteiger partial charge in [-0.15, -0.1) is 0 Å². The predicted octanol–water partition coefficient (Wildman–Crippen LogP) is 2.44. The standard InChI is InChI=1S/C13H18N2O/c1-12(11-16-2)15(10-6-9-14)13-7-4-3-5-8-13/h3-5,7-8,12H,6,10-11H2,1-2H3. The molecule has 0 aromatic heterocycles. The lowest BCUT2D eigenvalue weighted by molar-refractivity contribution is 0.181. The fourth-order valence-electron chi connectivity index (χ4n) is 1.73. The number of methoxy groups -OCH3 is 1. The van der Waals surface area contributed by atoms with Gasteiger partial charge >= 0.3 is 0 Å². The molecule has 3 nitrogen and oxygen atoms in total. The van der Waals surface area contributed by atoms with E-state index in [2.05, 4.69) is 30.0 Å². The largest absolute Gasteiger partial charge is 0.383 e. The molecule has 0 bridgehead atoms. The second-order valence-electron chi connectivity index (χ2n) is 3.74. The van der Waals surface area contributed by atoms with Crippen molar-refractivity contribution >= 4 is 5.69 Å². The lowest BCUT2D eigenvalue weighted by atomic mass is 10.2. The van der Waals surface area contributed by atoms with Crippen molar-refractivity contribution in [3.8, 4) is 6.07 Å². The molecule has 0 heterocycles. The number of nitriles is 1. The molecular formula is C13H18N2O. The Morgan fingerprint density at radius 1 is 1.38 bits per heavy atom. The first kappa shape index (κ1) is 12.5. The van der Waals surface area contributed by atoms with Crippen LogP contribution in [0.4, 0.5) is 5.69 Å². The summed E-state index contributed by atoms with van der Waals surface area (Å²) in [5, 5.41) is 8.67. The monoisotopic (exact) mass is 218 g/mol. The van der Waals surface area contributed by atoms with Crippen LogP contribution in [-0.4, -0.2) is 26.3 Å². The smallest absolute Gasteiger partial charge is 0.0663 e. The van der Waals surface area contributed by atoms with E-state index >= 15 is 0 Å². The molecule has 0 fully saturated rings. The molecule has 1 unspecified atom stereocenters. The van der Waals surface area contributed by atoms with Crippen molar-refractivity contribution in [3.05, 3.63) is 30.3 Å². The third-order valence-corrected chi connectivity index (χ3v) is 2.49. The Morgan fingerprint density at radius 2 is 2.06 bits per heavy atom. The van der Waals surface area contributed by atoms with E-state index in [0.29, 0.717) is 13.0 Å². The third kappa shape index (κ3) is 3.56. The van der Waals surface area contributed by atoms with E-state index in [1.165, 1.54) is 0 Å². The molecule has 0 saturated carbocycles. The van der Waals surface area contributed by atoms with E-state index in [-0.39, 0.29) is 6.04 Å². The van der Waals surface area contributed by atoms with Gasteiger partial charge in [0.2, 0.25) is 0 Å². The minimum atomic E-state index is 0.278. The van der Waals surface area contributed by atoms with Gasteiger partial charge in [0.15, 0.2) is 0 Å². The molecule has 0 amide bonds. The Hall–Kier alpha value is -1.53. The quantitative estimate of drug-likeness (QED) is 0.735.